The summed E-state index contributed by atoms with van der Waals surface area (Å²) in [5.41, 5.74) is 1.89. The predicted octanol–water partition coefficient (Wildman–Crippen LogP) is 6.50. The van der Waals surface area contributed by atoms with E-state index in [0.29, 0.717) is 40.3 Å². The van der Waals surface area contributed by atoms with Gasteiger partial charge in [0.05, 0.1) is 21.3 Å². The van der Waals surface area contributed by atoms with Crippen molar-refractivity contribution in [1.29, 1.82) is 0 Å². The van der Waals surface area contributed by atoms with Gasteiger partial charge in [0.1, 0.15) is 24.7 Å². The van der Waals surface area contributed by atoms with Gasteiger partial charge in [-0.1, -0.05) is 42.2 Å². The van der Waals surface area contributed by atoms with Crippen LogP contribution in [0.2, 0.25) is 5.02 Å². The lowest BCUT2D eigenvalue weighted by Crippen LogP contribution is -2.05. The Balaban J connectivity index is 2.71. The molecular formula is C18H24BrCl2NO3. The third-order valence-electron chi connectivity index (χ3n) is 3.03. The minimum atomic E-state index is 0.245. The van der Waals surface area contributed by atoms with Crippen molar-refractivity contribution < 1.29 is 14.3 Å². The Morgan fingerprint density at radius 2 is 1.96 bits per heavy atom. The Morgan fingerprint density at radius 1 is 1.24 bits per heavy atom. The highest BCUT2D eigenvalue weighted by Gasteiger charge is 2.15. The quantitative estimate of drug-likeness (QED) is 0.231. The molecule has 0 radical (unpaired) electrons. The molecule has 0 spiro atoms. The monoisotopic (exact) mass is 451 g/mol. The lowest BCUT2D eigenvalue weighted by atomic mass is 10.0. The normalized spacial score (nSPS) is 11.4. The summed E-state index contributed by atoms with van der Waals surface area (Å²) in [5.74, 6) is 1.61. The van der Waals surface area contributed by atoms with Crippen molar-refractivity contribution in [2.24, 2.45) is 5.16 Å². The summed E-state index contributed by atoms with van der Waals surface area (Å²) in [6, 6.07) is 3.70. The molecule has 1 aromatic rings. The van der Waals surface area contributed by atoms with Crippen LogP contribution in [0, 0.1) is 0 Å². The van der Waals surface area contributed by atoms with E-state index in [1.807, 2.05) is 19.9 Å². The van der Waals surface area contributed by atoms with E-state index in [9.17, 15) is 0 Å². The van der Waals surface area contributed by atoms with Gasteiger partial charge in [0, 0.05) is 18.1 Å². The van der Waals surface area contributed by atoms with Crippen LogP contribution >= 0.6 is 39.1 Å². The highest BCUT2D eigenvalue weighted by atomic mass is 79.9. The van der Waals surface area contributed by atoms with Crippen LogP contribution in [-0.2, 0) is 4.84 Å². The second kappa shape index (κ2) is 11.7. The van der Waals surface area contributed by atoms with Crippen LogP contribution in [0.1, 0.15) is 45.6 Å². The van der Waals surface area contributed by atoms with Crippen LogP contribution in [0.4, 0.5) is 0 Å². The largest absolute Gasteiger partial charge is 0.492 e. The van der Waals surface area contributed by atoms with E-state index in [4.69, 9.17) is 37.5 Å². The lowest BCUT2D eigenvalue weighted by molar-refractivity contribution is 0.127. The first-order valence-electron chi connectivity index (χ1n) is 8.04. The van der Waals surface area contributed by atoms with E-state index in [1.165, 1.54) is 0 Å². The van der Waals surface area contributed by atoms with Gasteiger partial charge in [0.25, 0.3) is 0 Å². The fraction of sp³-hybridized carbons (Fsp3) is 0.500. The van der Waals surface area contributed by atoms with Gasteiger partial charge in [-0.3, -0.25) is 0 Å². The molecule has 0 bridgehead atoms. The number of halogens is 3. The Kier molecular flexibility index (Phi) is 10.3. The van der Waals surface area contributed by atoms with Gasteiger partial charge < -0.3 is 14.3 Å². The van der Waals surface area contributed by atoms with Crippen molar-refractivity contribution in [2.45, 2.75) is 40.0 Å². The van der Waals surface area contributed by atoms with Gasteiger partial charge in [0.2, 0.25) is 0 Å². The maximum Gasteiger partial charge on any atom is 0.141 e. The lowest BCUT2D eigenvalue weighted by Gasteiger charge is -2.17. The van der Waals surface area contributed by atoms with E-state index >= 15 is 0 Å². The topological polar surface area (TPSA) is 40.0 Å². The average molecular weight is 453 g/mol. The molecule has 0 aromatic heterocycles. The molecule has 140 valence electrons. The SMILES string of the molecule is CC(C)=NOCCCOc1c(Cl)cc(OC/C=C(\Cl)Br)cc1C(C)C. The number of ether oxygens (including phenoxy) is 2. The van der Waals surface area contributed by atoms with Gasteiger partial charge in [-0.25, -0.2) is 0 Å². The van der Waals surface area contributed by atoms with Crippen LogP contribution in [-0.4, -0.2) is 25.5 Å². The average Bonchev–Trinajstić information content (AvgIpc) is 2.51. The highest BCUT2D eigenvalue weighted by molar-refractivity contribution is 9.12. The molecule has 0 N–H and O–H groups in total. The predicted molar refractivity (Wildman–Crippen MR) is 109 cm³/mol. The molecule has 4 nitrogen and oxygen atoms in total. The summed E-state index contributed by atoms with van der Waals surface area (Å²) in [5, 5.41) is 4.41. The van der Waals surface area contributed by atoms with Crippen LogP contribution in [0.15, 0.2) is 27.3 Å². The molecule has 0 unspecified atom stereocenters. The molecule has 0 saturated carbocycles. The van der Waals surface area contributed by atoms with E-state index in [1.54, 1.807) is 12.1 Å². The molecular weight excluding hydrogens is 429 g/mol. The molecule has 1 rings (SSSR count). The second-order valence-corrected chi connectivity index (χ2v) is 7.98. The molecule has 0 fully saturated rings. The highest BCUT2D eigenvalue weighted by Crippen LogP contribution is 2.37. The first-order valence-corrected chi connectivity index (χ1v) is 9.59. The van der Waals surface area contributed by atoms with Gasteiger partial charge in [-0.2, -0.15) is 0 Å². The van der Waals surface area contributed by atoms with Crippen LogP contribution < -0.4 is 9.47 Å². The van der Waals surface area contributed by atoms with E-state index in [2.05, 4.69) is 34.9 Å². The number of benzene rings is 1. The number of rotatable bonds is 10. The Morgan fingerprint density at radius 3 is 2.56 bits per heavy atom. The van der Waals surface area contributed by atoms with Crippen molar-refractivity contribution in [3.8, 4) is 11.5 Å². The van der Waals surface area contributed by atoms with E-state index in [-0.39, 0.29) is 5.92 Å². The molecule has 0 saturated heterocycles. The van der Waals surface area contributed by atoms with Gasteiger partial charge in [-0.05, 0) is 47.8 Å². The molecule has 0 aliphatic carbocycles. The van der Waals surface area contributed by atoms with Gasteiger partial charge in [-0.15, -0.1) is 0 Å². The van der Waals surface area contributed by atoms with Crippen LogP contribution in [0.5, 0.6) is 11.5 Å². The first-order chi connectivity index (χ1) is 11.8. The number of oxime groups is 1. The molecule has 0 aliphatic rings. The second-order valence-electron chi connectivity index (χ2n) is 5.86. The summed E-state index contributed by atoms with van der Waals surface area (Å²) >= 11 is 15.3. The third kappa shape index (κ3) is 8.84. The van der Waals surface area contributed by atoms with Crippen molar-refractivity contribution in [3.63, 3.8) is 0 Å². The molecule has 0 amide bonds. The van der Waals surface area contributed by atoms with Crippen molar-refractivity contribution in [1.82, 2.24) is 0 Å². The summed E-state index contributed by atoms with van der Waals surface area (Å²) in [6.45, 7) is 9.29. The zero-order valence-electron chi connectivity index (χ0n) is 14.9. The maximum atomic E-state index is 6.39. The Hall–Kier alpha value is -0.910. The number of nitrogens with zero attached hydrogens (tertiary/aromatic N) is 1. The fourth-order valence-corrected chi connectivity index (χ4v) is 2.39. The molecule has 0 heterocycles. The first kappa shape index (κ1) is 22.1. The molecule has 25 heavy (non-hydrogen) atoms. The Bertz CT molecular complexity index is 611. The Labute approximate surface area is 168 Å². The molecule has 0 atom stereocenters. The van der Waals surface area contributed by atoms with Gasteiger partial charge in [0.15, 0.2) is 0 Å². The van der Waals surface area contributed by atoms with Gasteiger partial charge >= 0.3 is 0 Å². The summed E-state index contributed by atoms with van der Waals surface area (Å²) in [4.78, 5) is 5.16. The minimum Gasteiger partial charge on any atom is -0.492 e. The standard InChI is InChI=1S/C18H24BrCl2NO3/c1-12(2)15-10-14(23-9-6-17(19)21)11-16(20)18(15)24-7-5-8-25-22-13(3)4/h6,10-12H,5,7-9H2,1-4H3/b17-6-. The third-order valence-corrected chi connectivity index (χ3v) is 3.79. The summed E-state index contributed by atoms with van der Waals surface area (Å²) in [6.07, 6.45) is 2.44. The maximum absolute atomic E-state index is 6.39. The molecule has 0 aliphatic heterocycles. The van der Waals surface area contributed by atoms with Crippen molar-refractivity contribution in [2.75, 3.05) is 19.8 Å². The van der Waals surface area contributed by atoms with Crippen molar-refractivity contribution in [3.05, 3.63) is 32.7 Å². The fourth-order valence-electron chi connectivity index (χ4n) is 1.93. The van der Waals surface area contributed by atoms with Crippen LogP contribution in [0.3, 0.4) is 0 Å². The number of hydrogen-bond donors (Lipinski definition) is 0. The smallest absolute Gasteiger partial charge is 0.141 e. The minimum absolute atomic E-state index is 0.245. The zero-order valence-corrected chi connectivity index (χ0v) is 18.0. The van der Waals surface area contributed by atoms with Crippen LogP contribution in [0.25, 0.3) is 0 Å². The summed E-state index contributed by atoms with van der Waals surface area (Å²) < 4.78 is 12.0. The zero-order chi connectivity index (χ0) is 18.8. The molecule has 7 heteroatoms. The van der Waals surface area contributed by atoms with E-state index in [0.717, 1.165) is 17.7 Å². The van der Waals surface area contributed by atoms with Crippen molar-refractivity contribution >= 4 is 44.8 Å². The molecule has 1 aromatic carbocycles. The number of hydrogen-bond acceptors (Lipinski definition) is 4. The van der Waals surface area contributed by atoms with E-state index < -0.39 is 0 Å². The summed E-state index contributed by atoms with van der Waals surface area (Å²) in [7, 11) is 0.